The van der Waals surface area contributed by atoms with Crippen LogP contribution in [-0.4, -0.2) is 21.0 Å². The molecule has 0 radical (unpaired) electrons. The molecule has 1 aliphatic rings. The number of carboxylic acids is 1. The number of hydrogen-bond acceptors (Lipinski definition) is 3. The molecule has 1 atom stereocenters. The van der Waals surface area contributed by atoms with E-state index in [-0.39, 0.29) is 6.42 Å². The number of nitrogens with two attached hydrogens (primary N) is 1. The van der Waals surface area contributed by atoms with Gasteiger partial charge in [0.05, 0.1) is 12.5 Å². The van der Waals surface area contributed by atoms with Crippen molar-refractivity contribution in [3.8, 4) is 0 Å². The molecule has 1 unspecified atom stereocenters. The maximum Gasteiger partial charge on any atom is 0.305 e. The topological polar surface area (TPSA) is 92.0 Å². The van der Waals surface area contributed by atoms with Crippen LogP contribution in [0.3, 0.4) is 0 Å². The van der Waals surface area contributed by atoms with Gasteiger partial charge in [0.25, 0.3) is 0 Å². The Morgan fingerprint density at radius 3 is 2.94 bits per heavy atom. The second-order valence-electron chi connectivity index (χ2n) is 4.41. The molecule has 1 aliphatic carbocycles. The first-order valence-electron chi connectivity index (χ1n) is 5.69. The maximum absolute atomic E-state index is 10.5. The average Bonchev–Trinajstić information content (AvgIpc) is 2.87. The van der Waals surface area contributed by atoms with Crippen LogP contribution in [-0.2, 0) is 4.79 Å². The summed E-state index contributed by atoms with van der Waals surface area (Å²) in [7, 11) is 0. The van der Waals surface area contributed by atoms with E-state index in [1.54, 1.807) is 6.20 Å². The summed E-state index contributed by atoms with van der Waals surface area (Å²) in [6.45, 7) is 0. The Bertz CT molecular complexity index is 369. The average molecular weight is 223 g/mol. The maximum atomic E-state index is 10.5. The summed E-state index contributed by atoms with van der Waals surface area (Å²) >= 11 is 0. The molecule has 0 amide bonds. The van der Waals surface area contributed by atoms with Gasteiger partial charge < -0.3 is 15.8 Å². The van der Waals surface area contributed by atoms with Gasteiger partial charge in [-0.15, -0.1) is 0 Å². The van der Waals surface area contributed by atoms with Crippen LogP contribution in [0.15, 0.2) is 6.20 Å². The third-order valence-electron chi connectivity index (χ3n) is 3.16. The van der Waals surface area contributed by atoms with Gasteiger partial charge in [-0.25, -0.2) is 4.98 Å². The van der Waals surface area contributed by atoms with Gasteiger partial charge in [0, 0.05) is 17.8 Å². The van der Waals surface area contributed by atoms with Crippen molar-refractivity contribution in [3.05, 3.63) is 17.7 Å². The molecule has 1 aromatic heterocycles. The lowest BCUT2D eigenvalue weighted by Gasteiger charge is -2.07. The molecular formula is C11H17N3O2. The lowest BCUT2D eigenvalue weighted by molar-refractivity contribution is -0.137. The Morgan fingerprint density at radius 1 is 1.62 bits per heavy atom. The molecule has 1 fully saturated rings. The minimum absolute atomic E-state index is 0.0857. The van der Waals surface area contributed by atoms with Crippen LogP contribution >= 0.6 is 0 Å². The van der Waals surface area contributed by atoms with Gasteiger partial charge in [-0.2, -0.15) is 0 Å². The highest BCUT2D eigenvalue weighted by Gasteiger charge is 2.21. The zero-order valence-electron chi connectivity index (χ0n) is 9.15. The summed E-state index contributed by atoms with van der Waals surface area (Å²) in [6, 6.07) is -0.535. The largest absolute Gasteiger partial charge is 0.481 e. The smallest absolute Gasteiger partial charge is 0.305 e. The van der Waals surface area contributed by atoms with Gasteiger partial charge >= 0.3 is 5.97 Å². The Balaban J connectivity index is 2.03. The molecule has 4 N–H and O–H groups in total. The van der Waals surface area contributed by atoms with E-state index in [0.717, 1.165) is 5.69 Å². The third kappa shape index (κ3) is 2.41. The number of nitrogens with one attached hydrogen (secondary N) is 1. The molecule has 2 rings (SSSR count). The molecule has 0 aromatic carbocycles. The van der Waals surface area contributed by atoms with Crippen LogP contribution in [0.4, 0.5) is 0 Å². The highest BCUT2D eigenvalue weighted by atomic mass is 16.4. The molecule has 5 heteroatoms. The molecule has 0 saturated heterocycles. The fourth-order valence-electron chi connectivity index (χ4n) is 2.27. The molecule has 1 saturated carbocycles. The first-order valence-corrected chi connectivity index (χ1v) is 5.69. The van der Waals surface area contributed by atoms with Gasteiger partial charge in [0.1, 0.15) is 5.82 Å². The number of aromatic nitrogens is 2. The summed E-state index contributed by atoms with van der Waals surface area (Å²) in [6.07, 6.45) is 6.62. The predicted octanol–water partition coefficient (Wildman–Crippen LogP) is 1.54. The van der Waals surface area contributed by atoms with Gasteiger partial charge in [-0.05, 0) is 12.8 Å². The SMILES string of the molecule is NC(CC(=O)O)c1ncc(C2CCCC2)[nH]1. The van der Waals surface area contributed by atoms with Crippen molar-refractivity contribution in [2.45, 2.75) is 44.1 Å². The van der Waals surface area contributed by atoms with E-state index in [4.69, 9.17) is 10.8 Å². The fourth-order valence-corrected chi connectivity index (χ4v) is 2.27. The van der Waals surface area contributed by atoms with Crippen molar-refractivity contribution in [1.29, 1.82) is 0 Å². The molecule has 1 aromatic rings. The Hall–Kier alpha value is -1.36. The molecule has 88 valence electrons. The normalized spacial score (nSPS) is 18.8. The van der Waals surface area contributed by atoms with E-state index in [2.05, 4.69) is 9.97 Å². The second-order valence-corrected chi connectivity index (χ2v) is 4.41. The number of H-pyrrole nitrogens is 1. The first kappa shape index (κ1) is 11.1. The van der Waals surface area contributed by atoms with E-state index in [0.29, 0.717) is 11.7 Å². The van der Waals surface area contributed by atoms with Crippen molar-refractivity contribution in [2.75, 3.05) is 0 Å². The zero-order chi connectivity index (χ0) is 11.5. The summed E-state index contributed by atoms with van der Waals surface area (Å²) in [5.74, 6) is 0.244. The quantitative estimate of drug-likeness (QED) is 0.722. The molecular weight excluding hydrogens is 206 g/mol. The first-order chi connectivity index (χ1) is 7.66. The van der Waals surface area contributed by atoms with Crippen molar-refractivity contribution < 1.29 is 9.90 Å². The fraction of sp³-hybridized carbons (Fsp3) is 0.636. The van der Waals surface area contributed by atoms with E-state index in [9.17, 15) is 4.79 Å². The molecule has 1 heterocycles. The van der Waals surface area contributed by atoms with Crippen molar-refractivity contribution in [2.24, 2.45) is 5.73 Å². The van der Waals surface area contributed by atoms with Crippen LogP contribution in [0.25, 0.3) is 0 Å². The lowest BCUT2D eigenvalue weighted by Crippen LogP contribution is -2.16. The predicted molar refractivity (Wildman–Crippen MR) is 59.0 cm³/mol. The number of carboxylic acid groups (broad SMARTS) is 1. The van der Waals surface area contributed by atoms with E-state index in [1.807, 2.05) is 0 Å². The van der Waals surface area contributed by atoms with Crippen LogP contribution in [0.2, 0.25) is 0 Å². The van der Waals surface area contributed by atoms with Crippen molar-refractivity contribution in [3.63, 3.8) is 0 Å². The highest BCUT2D eigenvalue weighted by Crippen LogP contribution is 2.33. The van der Waals surface area contributed by atoms with E-state index in [1.165, 1.54) is 25.7 Å². The summed E-state index contributed by atoms with van der Waals surface area (Å²) in [5, 5.41) is 8.64. The molecule has 16 heavy (non-hydrogen) atoms. The van der Waals surface area contributed by atoms with Crippen LogP contribution in [0, 0.1) is 0 Å². The standard InChI is InChI=1S/C11H17N3O2/c12-8(5-10(15)16)11-13-6-9(14-11)7-3-1-2-4-7/h6-8H,1-5,12H2,(H,13,14)(H,15,16). The second kappa shape index (κ2) is 4.65. The van der Waals surface area contributed by atoms with Gasteiger partial charge in [-0.1, -0.05) is 12.8 Å². The summed E-state index contributed by atoms with van der Waals surface area (Å²) in [4.78, 5) is 17.9. The Morgan fingerprint density at radius 2 is 2.31 bits per heavy atom. The lowest BCUT2D eigenvalue weighted by atomic mass is 10.1. The Kier molecular flexibility index (Phi) is 3.24. The third-order valence-corrected chi connectivity index (χ3v) is 3.16. The monoisotopic (exact) mass is 223 g/mol. The minimum Gasteiger partial charge on any atom is -0.481 e. The number of hydrogen-bond donors (Lipinski definition) is 3. The van der Waals surface area contributed by atoms with Gasteiger partial charge in [0.2, 0.25) is 0 Å². The number of aromatic amines is 1. The Labute approximate surface area is 94.1 Å². The number of nitrogens with zero attached hydrogens (tertiary/aromatic N) is 1. The molecule has 0 bridgehead atoms. The van der Waals surface area contributed by atoms with Crippen molar-refractivity contribution >= 4 is 5.97 Å². The molecule has 0 spiro atoms. The van der Waals surface area contributed by atoms with E-state index >= 15 is 0 Å². The number of imidazole rings is 1. The molecule has 5 nitrogen and oxygen atoms in total. The van der Waals surface area contributed by atoms with E-state index < -0.39 is 12.0 Å². The van der Waals surface area contributed by atoms with Crippen LogP contribution in [0.5, 0.6) is 0 Å². The van der Waals surface area contributed by atoms with Gasteiger partial charge in [0.15, 0.2) is 0 Å². The van der Waals surface area contributed by atoms with Crippen LogP contribution < -0.4 is 5.73 Å². The van der Waals surface area contributed by atoms with Crippen molar-refractivity contribution in [1.82, 2.24) is 9.97 Å². The molecule has 0 aliphatic heterocycles. The van der Waals surface area contributed by atoms with Gasteiger partial charge in [-0.3, -0.25) is 4.79 Å². The summed E-state index contributed by atoms with van der Waals surface area (Å²) < 4.78 is 0. The highest BCUT2D eigenvalue weighted by molar-refractivity contribution is 5.67. The zero-order valence-corrected chi connectivity index (χ0v) is 9.15. The minimum atomic E-state index is -0.897. The number of carbonyl (C=O) groups is 1. The van der Waals surface area contributed by atoms with Crippen LogP contribution in [0.1, 0.15) is 55.6 Å². The number of aliphatic carboxylic acids is 1. The summed E-state index contributed by atoms with van der Waals surface area (Å²) in [5.41, 5.74) is 6.84. The number of rotatable bonds is 4.